The summed E-state index contributed by atoms with van der Waals surface area (Å²) in [7, 11) is 1.57. The molecule has 0 bridgehead atoms. The average Bonchev–Trinajstić information content (AvgIpc) is 2.59. The van der Waals surface area contributed by atoms with E-state index < -0.39 is 17.5 Å². The molecule has 0 radical (unpaired) electrons. The number of hydrogen-bond donors (Lipinski definition) is 0. The van der Waals surface area contributed by atoms with Crippen molar-refractivity contribution in [1.29, 1.82) is 0 Å². The van der Waals surface area contributed by atoms with Gasteiger partial charge in [-0.1, -0.05) is 0 Å². The minimum absolute atomic E-state index is 0.648. The van der Waals surface area contributed by atoms with Gasteiger partial charge >= 0.3 is 11.9 Å². The lowest BCUT2D eigenvalue weighted by Crippen LogP contribution is -2.38. The molecule has 0 fully saturated rings. The Bertz CT molecular complexity index is 431. The molecule has 1 aromatic rings. The van der Waals surface area contributed by atoms with Gasteiger partial charge in [0, 0.05) is 7.05 Å². The van der Waals surface area contributed by atoms with Crippen molar-refractivity contribution in [2.75, 3.05) is 11.9 Å². The summed E-state index contributed by atoms with van der Waals surface area (Å²) in [4.78, 5) is 24.8. The van der Waals surface area contributed by atoms with Gasteiger partial charge in [-0.25, -0.2) is 4.79 Å². The lowest BCUT2D eigenvalue weighted by atomic mass is 10.2. The number of hydrogen-bond acceptors (Lipinski definition) is 4. The van der Waals surface area contributed by atoms with Gasteiger partial charge in [-0.05, 0) is 44.7 Å². The molecule has 0 N–H and O–H groups in total. The normalized spacial score (nSPS) is 11.1. The van der Waals surface area contributed by atoms with Crippen LogP contribution in [0.3, 0.4) is 0 Å². The molecular weight excluding hydrogens is 238 g/mol. The Kier molecular flexibility index (Phi) is 3.93. The van der Waals surface area contributed by atoms with Crippen LogP contribution in [0.15, 0.2) is 11.4 Å². The second-order valence-electron chi connectivity index (χ2n) is 4.77. The molecule has 0 saturated heterocycles. The summed E-state index contributed by atoms with van der Waals surface area (Å²) in [6.45, 7) is 7.09. The number of nitrogens with zero attached hydrogens (tertiary/aromatic N) is 1. The quantitative estimate of drug-likeness (QED) is 0.571. The highest BCUT2D eigenvalue weighted by atomic mass is 32.1. The number of likely N-dealkylation sites (N-methyl/N-ethyl adjacent to an activating group) is 1. The topological polar surface area (TPSA) is 46.6 Å². The molecule has 0 aliphatic carbocycles. The lowest BCUT2D eigenvalue weighted by molar-refractivity contribution is -0.162. The van der Waals surface area contributed by atoms with Crippen molar-refractivity contribution >= 4 is 28.2 Å². The first kappa shape index (κ1) is 13.7. The third-order valence-corrected chi connectivity index (χ3v) is 3.11. The molecule has 1 amide bonds. The third-order valence-electron chi connectivity index (χ3n) is 2.02. The summed E-state index contributed by atoms with van der Waals surface area (Å²) in [6.07, 6.45) is 0. The number of aryl methyl sites for hydroxylation is 1. The van der Waals surface area contributed by atoms with Crippen LogP contribution in [0.25, 0.3) is 0 Å². The van der Waals surface area contributed by atoms with E-state index in [4.69, 9.17) is 4.74 Å². The molecule has 17 heavy (non-hydrogen) atoms. The number of thiophene rings is 1. The van der Waals surface area contributed by atoms with Gasteiger partial charge in [0.1, 0.15) is 10.6 Å². The van der Waals surface area contributed by atoms with Crippen molar-refractivity contribution in [3.8, 4) is 0 Å². The van der Waals surface area contributed by atoms with E-state index in [0.29, 0.717) is 0 Å². The van der Waals surface area contributed by atoms with Gasteiger partial charge in [0.2, 0.25) is 0 Å². The summed E-state index contributed by atoms with van der Waals surface area (Å²) in [5.74, 6) is -1.47. The number of ether oxygens (including phenoxy) is 1. The van der Waals surface area contributed by atoms with E-state index in [1.807, 2.05) is 18.4 Å². The monoisotopic (exact) mass is 255 g/mol. The highest BCUT2D eigenvalue weighted by Gasteiger charge is 2.27. The highest BCUT2D eigenvalue weighted by molar-refractivity contribution is 7.14. The van der Waals surface area contributed by atoms with Gasteiger partial charge in [0.05, 0.1) is 0 Å². The van der Waals surface area contributed by atoms with Crippen molar-refractivity contribution in [2.24, 2.45) is 0 Å². The van der Waals surface area contributed by atoms with Gasteiger partial charge in [0.15, 0.2) is 0 Å². The summed E-state index contributed by atoms with van der Waals surface area (Å²) in [5, 5.41) is 2.64. The van der Waals surface area contributed by atoms with Crippen molar-refractivity contribution in [2.45, 2.75) is 33.3 Å². The van der Waals surface area contributed by atoms with Crippen molar-refractivity contribution < 1.29 is 14.3 Å². The Morgan fingerprint density at radius 2 is 1.94 bits per heavy atom. The number of rotatable bonds is 1. The first-order valence-electron chi connectivity index (χ1n) is 5.27. The standard InChI is InChI=1S/C12H17NO3S/c1-8-6-7-17-10(8)13(5)9(14)11(15)16-12(2,3)4/h6-7H,1-5H3. The summed E-state index contributed by atoms with van der Waals surface area (Å²) >= 11 is 1.42. The number of carbonyl (C=O) groups excluding carboxylic acids is 2. The van der Waals surface area contributed by atoms with Crippen molar-refractivity contribution in [1.82, 2.24) is 0 Å². The zero-order chi connectivity index (χ0) is 13.2. The van der Waals surface area contributed by atoms with Gasteiger partial charge in [0.25, 0.3) is 0 Å². The van der Waals surface area contributed by atoms with Crippen LogP contribution in [-0.2, 0) is 14.3 Å². The highest BCUT2D eigenvalue weighted by Crippen LogP contribution is 2.26. The van der Waals surface area contributed by atoms with Gasteiger partial charge in [-0.3, -0.25) is 9.69 Å². The maximum absolute atomic E-state index is 11.8. The molecule has 0 aromatic carbocycles. The Hall–Kier alpha value is -1.36. The van der Waals surface area contributed by atoms with E-state index in [1.54, 1.807) is 27.8 Å². The molecule has 0 aliphatic rings. The Labute approximate surface area is 105 Å². The summed E-state index contributed by atoms with van der Waals surface area (Å²) in [5.41, 5.74) is 0.312. The maximum atomic E-state index is 11.8. The Morgan fingerprint density at radius 3 is 2.35 bits per heavy atom. The third kappa shape index (κ3) is 3.56. The lowest BCUT2D eigenvalue weighted by Gasteiger charge is -2.21. The van der Waals surface area contributed by atoms with E-state index in [-0.39, 0.29) is 0 Å². The average molecular weight is 255 g/mol. The molecule has 0 atom stereocenters. The Balaban J connectivity index is 2.78. The molecule has 4 nitrogen and oxygen atoms in total. The fourth-order valence-corrected chi connectivity index (χ4v) is 2.16. The van der Waals surface area contributed by atoms with E-state index in [0.717, 1.165) is 10.6 Å². The molecule has 94 valence electrons. The predicted octanol–water partition coefficient (Wildman–Crippen LogP) is 2.36. The number of amides is 1. The van der Waals surface area contributed by atoms with E-state index in [2.05, 4.69) is 0 Å². The molecule has 1 rings (SSSR count). The molecular formula is C12H17NO3S. The van der Waals surface area contributed by atoms with Crippen molar-refractivity contribution in [3.05, 3.63) is 17.0 Å². The first-order chi connectivity index (χ1) is 7.72. The van der Waals surface area contributed by atoms with Crippen LogP contribution in [0.4, 0.5) is 5.00 Å². The van der Waals surface area contributed by atoms with Crippen LogP contribution in [0.5, 0.6) is 0 Å². The van der Waals surface area contributed by atoms with Crippen LogP contribution >= 0.6 is 11.3 Å². The van der Waals surface area contributed by atoms with E-state index >= 15 is 0 Å². The zero-order valence-electron chi connectivity index (χ0n) is 10.7. The molecule has 1 heterocycles. The summed E-state index contributed by atoms with van der Waals surface area (Å²) in [6, 6.07) is 1.90. The predicted molar refractivity (Wildman–Crippen MR) is 68.3 cm³/mol. The van der Waals surface area contributed by atoms with Crippen LogP contribution in [0.2, 0.25) is 0 Å². The van der Waals surface area contributed by atoms with Crippen LogP contribution in [-0.4, -0.2) is 24.5 Å². The molecule has 0 aliphatic heterocycles. The van der Waals surface area contributed by atoms with E-state index in [9.17, 15) is 9.59 Å². The minimum Gasteiger partial charge on any atom is -0.453 e. The second-order valence-corrected chi connectivity index (χ2v) is 5.67. The molecule has 5 heteroatoms. The molecule has 0 spiro atoms. The fourth-order valence-electron chi connectivity index (χ4n) is 1.26. The van der Waals surface area contributed by atoms with Crippen LogP contribution < -0.4 is 4.90 Å². The van der Waals surface area contributed by atoms with Gasteiger partial charge < -0.3 is 4.74 Å². The molecule has 0 unspecified atom stereocenters. The molecule has 0 saturated carbocycles. The Morgan fingerprint density at radius 1 is 1.35 bits per heavy atom. The van der Waals surface area contributed by atoms with Gasteiger partial charge in [-0.2, -0.15) is 0 Å². The largest absolute Gasteiger partial charge is 0.453 e. The van der Waals surface area contributed by atoms with E-state index in [1.165, 1.54) is 16.2 Å². The van der Waals surface area contributed by atoms with Crippen LogP contribution in [0, 0.1) is 6.92 Å². The molecule has 1 aromatic heterocycles. The number of carbonyl (C=O) groups is 2. The number of esters is 1. The SMILES string of the molecule is Cc1ccsc1N(C)C(=O)C(=O)OC(C)(C)C. The zero-order valence-corrected chi connectivity index (χ0v) is 11.6. The second kappa shape index (κ2) is 4.87. The fraction of sp³-hybridized carbons (Fsp3) is 0.500. The van der Waals surface area contributed by atoms with Crippen LogP contribution in [0.1, 0.15) is 26.3 Å². The first-order valence-corrected chi connectivity index (χ1v) is 6.15. The minimum atomic E-state index is -0.826. The maximum Gasteiger partial charge on any atom is 0.397 e. The summed E-state index contributed by atoms with van der Waals surface area (Å²) < 4.78 is 5.03. The smallest absolute Gasteiger partial charge is 0.397 e. The van der Waals surface area contributed by atoms with Gasteiger partial charge in [-0.15, -0.1) is 11.3 Å². The van der Waals surface area contributed by atoms with Crippen molar-refractivity contribution in [3.63, 3.8) is 0 Å². The number of anilines is 1.